The number of rotatable bonds is 6. The first-order valence-corrected chi connectivity index (χ1v) is 11.6. The number of carbonyl (C=O) groups excluding carboxylic acids is 1. The number of fused-ring (bicyclic) bond motifs is 1. The van der Waals surface area contributed by atoms with Crippen molar-refractivity contribution in [3.8, 4) is 0 Å². The molecule has 1 amide bonds. The Morgan fingerprint density at radius 3 is 2.66 bits per heavy atom. The van der Waals surface area contributed by atoms with Gasteiger partial charge in [0.05, 0.1) is 6.61 Å². The summed E-state index contributed by atoms with van der Waals surface area (Å²) in [5.74, 6) is 1.37. The SMILES string of the molecule is CN(C)C(=O)CN=C(NCC1CCOC1)N1CCN(Cc2cccc3ccccc23)CC1. The number of likely N-dealkylation sites (N-methyl/N-ethyl adjacent to an activating group) is 1. The van der Waals surface area contributed by atoms with Crippen molar-refractivity contribution < 1.29 is 9.53 Å². The molecule has 4 rings (SSSR count). The highest BCUT2D eigenvalue weighted by molar-refractivity contribution is 5.86. The van der Waals surface area contributed by atoms with Crippen LogP contribution in [0.15, 0.2) is 47.5 Å². The maximum Gasteiger partial charge on any atom is 0.243 e. The Hall–Kier alpha value is -2.64. The molecule has 2 aliphatic heterocycles. The first kappa shape index (κ1) is 22.6. The molecule has 2 aromatic rings. The second-order valence-corrected chi connectivity index (χ2v) is 8.94. The molecule has 32 heavy (non-hydrogen) atoms. The lowest BCUT2D eigenvalue weighted by molar-refractivity contribution is -0.127. The van der Waals surface area contributed by atoms with E-state index in [1.54, 1.807) is 19.0 Å². The first-order chi connectivity index (χ1) is 15.6. The van der Waals surface area contributed by atoms with Crippen molar-refractivity contribution in [2.24, 2.45) is 10.9 Å². The Morgan fingerprint density at radius 2 is 1.91 bits per heavy atom. The number of hydrogen-bond donors (Lipinski definition) is 1. The molecule has 2 heterocycles. The van der Waals surface area contributed by atoms with Crippen molar-refractivity contribution in [1.82, 2.24) is 20.0 Å². The van der Waals surface area contributed by atoms with E-state index in [0.29, 0.717) is 5.92 Å². The van der Waals surface area contributed by atoms with Gasteiger partial charge in [-0.1, -0.05) is 42.5 Å². The molecule has 7 heteroatoms. The van der Waals surface area contributed by atoms with Crippen LogP contribution in [-0.2, 0) is 16.1 Å². The fourth-order valence-electron chi connectivity index (χ4n) is 4.32. The van der Waals surface area contributed by atoms with Crippen molar-refractivity contribution in [1.29, 1.82) is 0 Å². The monoisotopic (exact) mass is 437 g/mol. The number of aliphatic imine (C=N–C) groups is 1. The van der Waals surface area contributed by atoms with Gasteiger partial charge in [0.1, 0.15) is 6.54 Å². The molecule has 0 spiro atoms. The topological polar surface area (TPSA) is 60.4 Å². The molecule has 1 unspecified atom stereocenters. The first-order valence-electron chi connectivity index (χ1n) is 11.6. The van der Waals surface area contributed by atoms with Gasteiger partial charge in [-0.25, -0.2) is 4.99 Å². The number of nitrogens with one attached hydrogen (secondary N) is 1. The summed E-state index contributed by atoms with van der Waals surface area (Å²) in [7, 11) is 3.54. The Kier molecular flexibility index (Phi) is 7.60. The Bertz CT molecular complexity index is 926. The third-order valence-electron chi connectivity index (χ3n) is 6.38. The van der Waals surface area contributed by atoms with Crippen molar-refractivity contribution in [2.75, 3.05) is 66.6 Å². The highest BCUT2D eigenvalue weighted by atomic mass is 16.5. The Labute approximate surface area is 191 Å². The van der Waals surface area contributed by atoms with Crippen LogP contribution in [-0.4, -0.2) is 93.1 Å². The average Bonchev–Trinajstić information content (AvgIpc) is 3.33. The predicted molar refractivity (Wildman–Crippen MR) is 129 cm³/mol. The van der Waals surface area contributed by atoms with Gasteiger partial charge in [0, 0.05) is 65.9 Å². The molecule has 2 aromatic carbocycles. The normalized spacial score (nSPS) is 20.0. The van der Waals surface area contributed by atoms with Gasteiger partial charge in [0.15, 0.2) is 5.96 Å². The van der Waals surface area contributed by atoms with Gasteiger partial charge in [0.2, 0.25) is 5.91 Å². The van der Waals surface area contributed by atoms with Crippen LogP contribution >= 0.6 is 0 Å². The van der Waals surface area contributed by atoms with Gasteiger partial charge in [-0.3, -0.25) is 9.69 Å². The number of benzene rings is 2. The summed E-state index contributed by atoms with van der Waals surface area (Å²) in [6.07, 6.45) is 1.08. The van der Waals surface area contributed by atoms with E-state index in [1.165, 1.54) is 16.3 Å². The largest absolute Gasteiger partial charge is 0.381 e. The molecule has 1 N–H and O–H groups in total. The molecule has 0 aliphatic carbocycles. The summed E-state index contributed by atoms with van der Waals surface area (Å²) >= 11 is 0. The standard InChI is InChI=1S/C25H35N5O2/c1-28(2)24(31)17-27-25(26-16-20-10-15-32-19-20)30-13-11-29(12-14-30)18-22-8-5-7-21-6-3-4-9-23(21)22/h3-9,20H,10-19H2,1-2H3,(H,26,27). The molecule has 0 aromatic heterocycles. The molecule has 2 fully saturated rings. The summed E-state index contributed by atoms with van der Waals surface area (Å²) in [5, 5.41) is 6.15. The summed E-state index contributed by atoms with van der Waals surface area (Å²) in [5.41, 5.74) is 1.38. The van der Waals surface area contributed by atoms with Crippen LogP contribution in [0, 0.1) is 5.92 Å². The van der Waals surface area contributed by atoms with Crippen molar-refractivity contribution in [2.45, 2.75) is 13.0 Å². The third-order valence-corrected chi connectivity index (χ3v) is 6.38. The smallest absolute Gasteiger partial charge is 0.243 e. The number of guanidine groups is 1. The number of piperazine rings is 1. The van der Waals surface area contributed by atoms with Gasteiger partial charge >= 0.3 is 0 Å². The molecule has 2 aliphatic rings. The summed E-state index contributed by atoms with van der Waals surface area (Å²) in [6.45, 7) is 7.34. The van der Waals surface area contributed by atoms with E-state index in [-0.39, 0.29) is 12.5 Å². The zero-order valence-electron chi connectivity index (χ0n) is 19.3. The zero-order chi connectivity index (χ0) is 22.3. The van der Waals surface area contributed by atoms with Gasteiger partial charge in [0.25, 0.3) is 0 Å². The lowest BCUT2D eigenvalue weighted by atomic mass is 10.0. The zero-order valence-corrected chi connectivity index (χ0v) is 19.3. The van der Waals surface area contributed by atoms with Crippen LogP contribution < -0.4 is 5.32 Å². The van der Waals surface area contributed by atoms with Gasteiger partial charge in [-0.15, -0.1) is 0 Å². The van der Waals surface area contributed by atoms with E-state index in [4.69, 9.17) is 4.74 Å². The lowest BCUT2D eigenvalue weighted by Crippen LogP contribution is -2.53. The van der Waals surface area contributed by atoms with Gasteiger partial charge < -0.3 is 19.9 Å². The highest BCUT2D eigenvalue weighted by Gasteiger charge is 2.22. The fourth-order valence-corrected chi connectivity index (χ4v) is 4.32. The quantitative estimate of drug-likeness (QED) is 0.554. The predicted octanol–water partition coefficient (Wildman–Crippen LogP) is 2.03. The van der Waals surface area contributed by atoms with Crippen molar-refractivity contribution in [3.63, 3.8) is 0 Å². The van der Waals surface area contributed by atoms with E-state index in [2.05, 4.69) is 62.6 Å². The third kappa shape index (κ3) is 5.78. The maximum atomic E-state index is 12.1. The Morgan fingerprint density at radius 1 is 1.12 bits per heavy atom. The molecular formula is C25H35N5O2. The number of hydrogen-bond acceptors (Lipinski definition) is 4. The molecular weight excluding hydrogens is 402 g/mol. The Balaban J connectivity index is 1.37. The summed E-state index contributed by atoms with van der Waals surface area (Å²) in [4.78, 5) is 23.1. The average molecular weight is 438 g/mol. The van der Waals surface area contributed by atoms with E-state index >= 15 is 0 Å². The molecule has 0 saturated carbocycles. The van der Waals surface area contributed by atoms with Gasteiger partial charge in [-0.05, 0) is 22.8 Å². The minimum Gasteiger partial charge on any atom is -0.381 e. The minimum absolute atomic E-state index is 0.0168. The van der Waals surface area contributed by atoms with Crippen LogP contribution in [0.2, 0.25) is 0 Å². The minimum atomic E-state index is 0.0168. The fraction of sp³-hybridized carbons (Fsp3) is 0.520. The van der Waals surface area contributed by atoms with Crippen LogP contribution in [0.5, 0.6) is 0 Å². The molecule has 7 nitrogen and oxygen atoms in total. The highest BCUT2D eigenvalue weighted by Crippen LogP contribution is 2.20. The number of carbonyl (C=O) groups is 1. The van der Waals surface area contributed by atoms with Gasteiger partial charge in [-0.2, -0.15) is 0 Å². The van der Waals surface area contributed by atoms with Crippen LogP contribution in [0.3, 0.4) is 0 Å². The second kappa shape index (κ2) is 10.8. The van der Waals surface area contributed by atoms with E-state index < -0.39 is 0 Å². The summed E-state index contributed by atoms with van der Waals surface area (Å²) in [6, 6.07) is 15.2. The molecule has 172 valence electrons. The van der Waals surface area contributed by atoms with E-state index in [1.807, 2.05) is 0 Å². The molecule has 1 atom stereocenters. The van der Waals surface area contributed by atoms with Crippen LogP contribution in [0.1, 0.15) is 12.0 Å². The van der Waals surface area contributed by atoms with E-state index in [9.17, 15) is 4.79 Å². The maximum absolute atomic E-state index is 12.1. The second-order valence-electron chi connectivity index (χ2n) is 8.94. The lowest BCUT2D eigenvalue weighted by Gasteiger charge is -2.37. The molecule has 0 radical (unpaired) electrons. The van der Waals surface area contributed by atoms with E-state index in [0.717, 1.165) is 64.9 Å². The van der Waals surface area contributed by atoms with Crippen molar-refractivity contribution in [3.05, 3.63) is 48.0 Å². The number of amides is 1. The van der Waals surface area contributed by atoms with Crippen LogP contribution in [0.4, 0.5) is 0 Å². The number of nitrogens with zero attached hydrogens (tertiary/aromatic N) is 4. The molecule has 2 saturated heterocycles. The summed E-state index contributed by atoms with van der Waals surface area (Å²) < 4.78 is 5.50. The molecule has 0 bridgehead atoms. The number of ether oxygens (including phenoxy) is 1. The van der Waals surface area contributed by atoms with Crippen LogP contribution in [0.25, 0.3) is 10.8 Å². The van der Waals surface area contributed by atoms with Crippen molar-refractivity contribution >= 4 is 22.6 Å².